The normalized spacial score (nSPS) is 10.5. The first kappa shape index (κ1) is 10.2. The zero-order valence-electron chi connectivity index (χ0n) is 7.47. The van der Waals surface area contributed by atoms with Crippen LogP contribution in [0.4, 0.5) is 5.82 Å². The summed E-state index contributed by atoms with van der Waals surface area (Å²) in [6.07, 6.45) is 0. The number of anilines is 1. The van der Waals surface area contributed by atoms with E-state index in [9.17, 15) is 0 Å². The molecule has 0 aliphatic heterocycles. The van der Waals surface area contributed by atoms with Crippen molar-refractivity contribution in [2.75, 3.05) is 5.73 Å². The summed E-state index contributed by atoms with van der Waals surface area (Å²) in [5.74, 6) is 0.391. The molecule has 6 N–H and O–H groups in total. The summed E-state index contributed by atoms with van der Waals surface area (Å²) in [5, 5.41) is 0.370. The number of aromatic nitrogens is 1. The molecule has 72 valence electrons. The minimum absolute atomic E-state index is 0.352. The molecule has 1 heterocycles. The lowest BCUT2D eigenvalue weighted by Gasteiger charge is -2.11. The molecule has 0 atom stereocenters. The Morgan fingerprint density at radius 1 is 1.23 bits per heavy atom. The van der Waals surface area contributed by atoms with Gasteiger partial charge >= 0.3 is 0 Å². The summed E-state index contributed by atoms with van der Waals surface area (Å²) in [6.45, 7) is 2.61. The van der Waals surface area contributed by atoms with Crippen LogP contribution in [0, 0.1) is 6.92 Å². The number of halogens is 1. The average molecular weight is 201 g/mol. The predicted molar refractivity (Wildman–Crippen MR) is 54.2 cm³/mol. The fourth-order valence-corrected chi connectivity index (χ4v) is 1.57. The molecule has 0 fully saturated rings. The summed E-state index contributed by atoms with van der Waals surface area (Å²) in [5.41, 5.74) is 19.3. The Hall–Kier alpha value is -0.840. The molecule has 0 bridgehead atoms. The Balaban J connectivity index is 3.39. The molecule has 1 aromatic heterocycles. The number of hydrogen-bond donors (Lipinski definition) is 3. The molecule has 0 aliphatic carbocycles. The lowest BCUT2D eigenvalue weighted by atomic mass is 10.1. The second-order valence-electron chi connectivity index (χ2n) is 2.78. The smallest absolute Gasteiger partial charge is 0.136 e. The van der Waals surface area contributed by atoms with Crippen LogP contribution in [0.15, 0.2) is 0 Å². The van der Waals surface area contributed by atoms with E-state index >= 15 is 0 Å². The van der Waals surface area contributed by atoms with E-state index in [1.54, 1.807) is 0 Å². The van der Waals surface area contributed by atoms with Gasteiger partial charge in [-0.05, 0) is 12.5 Å². The van der Waals surface area contributed by atoms with Gasteiger partial charge in [-0.1, -0.05) is 11.6 Å². The number of hydrogen-bond acceptors (Lipinski definition) is 4. The van der Waals surface area contributed by atoms with E-state index < -0.39 is 0 Å². The van der Waals surface area contributed by atoms with E-state index in [-0.39, 0.29) is 0 Å². The fraction of sp³-hybridized carbons (Fsp3) is 0.375. The van der Waals surface area contributed by atoms with Crippen LogP contribution in [-0.2, 0) is 13.1 Å². The van der Waals surface area contributed by atoms with Crippen molar-refractivity contribution in [3.8, 4) is 0 Å². The van der Waals surface area contributed by atoms with Crippen molar-refractivity contribution in [1.29, 1.82) is 0 Å². The second-order valence-corrected chi connectivity index (χ2v) is 3.14. The van der Waals surface area contributed by atoms with Gasteiger partial charge in [0.25, 0.3) is 0 Å². The molecule has 5 heteroatoms. The molecule has 0 amide bonds. The average Bonchev–Trinajstić information content (AvgIpc) is 2.04. The molecule has 13 heavy (non-hydrogen) atoms. The van der Waals surface area contributed by atoms with E-state index in [4.69, 9.17) is 28.8 Å². The molecule has 1 rings (SSSR count). The van der Waals surface area contributed by atoms with Crippen molar-refractivity contribution in [3.63, 3.8) is 0 Å². The van der Waals surface area contributed by atoms with E-state index in [0.717, 1.165) is 16.7 Å². The zero-order chi connectivity index (χ0) is 10.0. The Labute approximate surface area is 82.1 Å². The molecule has 4 nitrogen and oxygen atoms in total. The number of nitrogens with two attached hydrogens (primary N) is 3. The maximum Gasteiger partial charge on any atom is 0.136 e. The first-order valence-corrected chi connectivity index (χ1v) is 4.33. The van der Waals surface area contributed by atoms with Crippen molar-refractivity contribution < 1.29 is 0 Å². The van der Waals surface area contributed by atoms with Crippen LogP contribution in [0.2, 0.25) is 5.15 Å². The second kappa shape index (κ2) is 3.91. The fourth-order valence-electron chi connectivity index (χ4n) is 1.26. The highest BCUT2D eigenvalue weighted by Crippen LogP contribution is 2.24. The molecule has 0 aliphatic rings. The summed E-state index contributed by atoms with van der Waals surface area (Å²) in [4.78, 5) is 3.96. The molecule has 0 saturated heterocycles. The molecule has 1 aromatic rings. The minimum Gasteiger partial charge on any atom is -0.383 e. The monoisotopic (exact) mass is 200 g/mol. The number of pyridine rings is 1. The van der Waals surface area contributed by atoms with Gasteiger partial charge in [0.1, 0.15) is 11.0 Å². The van der Waals surface area contributed by atoms with E-state index in [0.29, 0.717) is 24.1 Å². The first-order valence-electron chi connectivity index (χ1n) is 3.95. The van der Waals surface area contributed by atoms with E-state index in [1.807, 2.05) is 6.92 Å². The molecule has 0 radical (unpaired) electrons. The van der Waals surface area contributed by atoms with Gasteiger partial charge in [0.05, 0.1) is 0 Å². The van der Waals surface area contributed by atoms with Crippen LogP contribution in [0.3, 0.4) is 0 Å². The van der Waals surface area contributed by atoms with Crippen LogP contribution in [-0.4, -0.2) is 4.98 Å². The van der Waals surface area contributed by atoms with Crippen LogP contribution >= 0.6 is 11.6 Å². The van der Waals surface area contributed by atoms with Crippen molar-refractivity contribution in [1.82, 2.24) is 4.98 Å². The number of nitrogen functional groups attached to an aromatic ring is 1. The quantitative estimate of drug-likeness (QED) is 0.608. The highest BCUT2D eigenvalue weighted by molar-refractivity contribution is 6.30. The highest BCUT2D eigenvalue weighted by atomic mass is 35.5. The Morgan fingerprint density at radius 2 is 1.77 bits per heavy atom. The SMILES string of the molecule is Cc1c(CN)c(N)nc(Cl)c1CN. The number of rotatable bonds is 2. The van der Waals surface area contributed by atoms with Gasteiger partial charge in [-0.25, -0.2) is 4.98 Å². The standard InChI is InChI=1S/C8H13ClN4/c1-4-5(2-10)7(9)13-8(12)6(4)3-11/h2-3,10-11H2,1H3,(H2,12,13). The summed E-state index contributed by atoms with van der Waals surface area (Å²) >= 11 is 5.85. The van der Waals surface area contributed by atoms with Crippen LogP contribution < -0.4 is 17.2 Å². The third kappa shape index (κ3) is 1.75. The van der Waals surface area contributed by atoms with Crippen molar-refractivity contribution in [2.45, 2.75) is 20.0 Å². The van der Waals surface area contributed by atoms with Gasteiger partial charge in [0.15, 0.2) is 0 Å². The van der Waals surface area contributed by atoms with E-state index in [2.05, 4.69) is 4.98 Å². The summed E-state index contributed by atoms with van der Waals surface area (Å²) < 4.78 is 0. The molecule has 0 unspecified atom stereocenters. The van der Waals surface area contributed by atoms with Gasteiger partial charge in [-0.2, -0.15) is 0 Å². The maximum absolute atomic E-state index is 5.85. The largest absolute Gasteiger partial charge is 0.383 e. The van der Waals surface area contributed by atoms with Crippen LogP contribution in [0.25, 0.3) is 0 Å². The minimum atomic E-state index is 0.352. The lowest BCUT2D eigenvalue weighted by Crippen LogP contribution is -2.11. The topological polar surface area (TPSA) is 91.0 Å². The maximum atomic E-state index is 5.85. The zero-order valence-corrected chi connectivity index (χ0v) is 8.23. The van der Waals surface area contributed by atoms with E-state index in [1.165, 1.54) is 0 Å². The molecule has 0 aromatic carbocycles. The Kier molecular flexibility index (Phi) is 3.08. The van der Waals surface area contributed by atoms with Gasteiger partial charge in [-0.3, -0.25) is 0 Å². The summed E-state index contributed by atoms with van der Waals surface area (Å²) in [7, 11) is 0. The van der Waals surface area contributed by atoms with Gasteiger partial charge < -0.3 is 17.2 Å². The summed E-state index contributed by atoms with van der Waals surface area (Å²) in [6, 6.07) is 0. The predicted octanol–water partition coefficient (Wildman–Crippen LogP) is 0.543. The third-order valence-corrected chi connectivity index (χ3v) is 2.40. The molecule has 0 saturated carbocycles. The van der Waals surface area contributed by atoms with Gasteiger partial charge in [0.2, 0.25) is 0 Å². The molecule has 0 spiro atoms. The first-order chi connectivity index (χ1) is 6.11. The highest BCUT2D eigenvalue weighted by Gasteiger charge is 2.11. The van der Waals surface area contributed by atoms with Crippen LogP contribution in [0.1, 0.15) is 16.7 Å². The van der Waals surface area contributed by atoms with Crippen molar-refractivity contribution in [3.05, 3.63) is 21.8 Å². The molecular formula is C8H13ClN4. The van der Waals surface area contributed by atoms with Crippen LogP contribution in [0.5, 0.6) is 0 Å². The number of nitrogens with zero attached hydrogens (tertiary/aromatic N) is 1. The Bertz CT molecular complexity index is 296. The molecular weight excluding hydrogens is 188 g/mol. The van der Waals surface area contributed by atoms with Gasteiger partial charge in [0, 0.05) is 24.2 Å². The lowest BCUT2D eigenvalue weighted by molar-refractivity contribution is 0.971. The Morgan fingerprint density at radius 3 is 2.23 bits per heavy atom. The van der Waals surface area contributed by atoms with Crippen molar-refractivity contribution in [2.24, 2.45) is 11.5 Å². The van der Waals surface area contributed by atoms with Crippen molar-refractivity contribution >= 4 is 17.4 Å². The third-order valence-electron chi connectivity index (χ3n) is 2.09. The van der Waals surface area contributed by atoms with Gasteiger partial charge in [-0.15, -0.1) is 0 Å².